The summed E-state index contributed by atoms with van der Waals surface area (Å²) in [4.78, 5) is 25.3. The minimum atomic E-state index is -1.61. The molecular formula is C49H84O10. The highest BCUT2D eigenvalue weighted by Gasteiger charge is 2.44. The zero-order valence-corrected chi connectivity index (χ0v) is 37.0. The van der Waals surface area contributed by atoms with E-state index in [2.05, 4.69) is 74.6 Å². The molecule has 1 saturated heterocycles. The van der Waals surface area contributed by atoms with Crippen LogP contribution in [-0.4, -0.2) is 89.0 Å². The van der Waals surface area contributed by atoms with E-state index in [0.29, 0.717) is 12.8 Å². The van der Waals surface area contributed by atoms with Crippen molar-refractivity contribution < 1.29 is 49.0 Å². The minimum Gasteiger partial charge on any atom is -0.462 e. The van der Waals surface area contributed by atoms with E-state index in [1.165, 1.54) is 77.0 Å². The van der Waals surface area contributed by atoms with Gasteiger partial charge in [0.1, 0.15) is 31.0 Å². The van der Waals surface area contributed by atoms with Gasteiger partial charge in [0.05, 0.1) is 13.2 Å². The molecule has 0 bridgehead atoms. The number of carbonyl (C=O) groups excluding carboxylic acids is 2. The quantitative estimate of drug-likeness (QED) is 0.0269. The molecule has 1 rings (SSSR count). The van der Waals surface area contributed by atoms with Gasteiger partial charge in [-0.3, -0.25) is 9.59 Å². The summed E-state index contributed by atoms with van der Waals surface area (Å²) in [6.45, 7) is 3.34. The summed E-state index contributed by atoms with van der Waals surface area (Å²) in [5.74, 6) is -0.863. The molecule has 0 aromatic rings. The number of aliphatic hydroxyl groups excluding tert-OH is 4. The van der Waals surface area contributed by atoms with Gasteiger partial charge in [0.2, 0.25) is 0 Å². The summed E-state index contributed by atoms with van der Waals surface area (Å²) < 4.78 is 22.1. The smallest absolute Gasteiger partial charge is 0.306 e. The first-order valence-corrected chi connectivity index (χ1v) is 23.4. The Morgan fingerprint density at radius 3 is 1.47 bits per heavy atom. The highest BCUT2D eigenvalue weighted by atomic mass is 16.7. The lowest BCUT2D eigenvalue weighted by molar-refractivity contribution is -0.305. The number of ether oxygens (including phenoxy) is 4. The van der Waals surface area contributed by atoms with Crippen LogP contribution in [0.3, 0.4) is 0 Å². The van der Waals surface area contributed by atoms with Gasteiger partial charge in [0, 0.05) is 12.8 Å². The molecule has 1 aliphatic heterocycles. The minimum absolute atomic E-state index is 0.187. The van der Waals surface area contributed by atoms with Crippen LogP contribution in [0.5, 0.6) is 0 Å². The molecule has 1 aliphatic rings. The molecule has 0 saturated carbocycles. The van der Waals surface area contributed by atoms with Gasteiger partial charge in [-0.15, -0.1) is 0 Å². The van der Waals surface area contributed by atoms with E-state index in [1.54, 1.807) is 0 Å². The first kappa shape index (κ1) is 54.4. The molecule has 4 N–H and O–H groups in total. The largest absolute Gasteiger partial charge is 0.462 e. The van der Waals surface area contributed by atoms with Gasteiger partial charge in [-0.2, -0.15) is 0 Å². The Kier molecular flexibility index (Phi) is 36.5. The van der Waals surface area contributed by atoms with Crippen LogP contribution in [0.15, 0.2) is 60.8 Å². The van der Waals surface area contributed by atoms with Crippen LogP contribution in [0.2, 0.25) is 0 Å². The molecule has 10 nitrogen and oxygen atoms in total. The standard InChI is InChI=1S/C49H84O10/c1-3-5-7-9-11-13-15-17-19-20-21-22-24-26-28-30-32-34-36-38-45(52)58-42(41-57-49-48(55)47(54)46(53)43(39-50)59-49)40-56-44(51)37-35-33-31-29-27-25-23-18-16-14-12-10-8-6-4-2/h11,13,17,19,21-22,25-28,42-43,46-50,53-55H,3-10,12,14-16,18,20,23-24,29-41H2,1-2H3/b13-11+,19-17+,22-21+,27-25+,28-26+/t42-,43-,46+,47?,48?,49-/m1/s1. The van der Waals surface area contributed by atoms with Gasteiger partial charge in [-0.25, -0.2) is 0 Å². The third-order valence-electron chi connectivity index (χ3n) is 10.4. The van der Waals surface area contributed by atoms with E-state index in [0.717, 1.165) is 64.2 Å². The second-order valence-corrected chi connectivity index (χ2v) is 15.8. The van der Waals surface area contributed by atoms with E-state index >= 15 is 0 Å². The molecule has 0 aliphatic carbocycles. The summed E-state index contributed by atoms with van der Waals surface area (Å²) in [7, 11) is 0. The second kappa shape index (κ2) is 39.5. The van der Waals surface area contributed by atoms with Crippen molar-refractivity contribution in [1.29, 1.82) is 0 Å². The maximum atomic E-state index is 12.8. The fourth-order valence-electron chi connectivity index (χ4n) is 6.64. The molecule has 10 heteroatoms. The van der Waals surface area contributed by atoms with Crippen LogP contribution < -0.4 is 0 Å². The van der Waals surface area contributed by atoms with E-state index in [-0.39, 0.29) is 26.1 Å². The van der Waals surface area contributed by atoms with Gasteiger partial charge < -0.3 is 39.4 Å². The highest BCUT2D eigenvalue weighted by Crippen LogP contribution is 2.22. The Morgan fingerprint density at radius 1 is 0.525 bits per heavy atom. The summed E-state index contributed by atoms with van der Waals surface area (Å²) >= 11 is 0. The number of unbranched alkanes of at least 4 members (excludes halogenated alkanes) is 17. The Morgan fingerprint density at radius 2 is 0.949 bits per heavy atom. The fraction of sp³-hybridized carbons (Fsp3) is 0.755. The Hall–Kier alpha value is -2.60. The number of hydrogen-bond acceptors (Lipinski definition) is 10. The summed E-state index contributed by atoms with van der Waals surface area (Å²) in [6.07, 6.45) is 40.8. The number of allylic oxidation sites excluding steroid dienone is 10. The summed E-state index contributed by atoms with van der Waals surface area (Å²) in [5.41, 5.74) is 0. The van der Waals surface area contributed by atoms with Crippen molar-refractivity contribution in [2.75, 3.05) is 19.8 Å². The Balaban J connectivity index is 2.36. The predicted octanol–water partition coefficient (Wildman–Crippen LogP) is 10.2. The van der Waals surface area contributed by atoms with Gasteiger partial charge in [-0.1, -0.05) is 145 Å². The zero-order valence-electron chi connectivity index (χ0n) is 37.0. The molecule has 0 aromatic heterocycles. The van der Waals surface area contributed by atoms with Crippen molar-refractivity contribution in [1.82, 2.24) is 0 Å². The van der Waals surface area contributed by atoms with Crippen LogP contribution in [0.1, 0.15) is 181 Å². The number of hydrogen-bond donors (Lipinski definition) is 4. The molecule has 340 valence electrons. The maximum absolute atomic E-state index is 12.8. The number of carbonyl (C=O) groups is 2. The van der Waals surface area contributed by atoms with Crippen molar-refractivity contribution in [3.05, 3.63) is 60.8 Å². The van der Waals surface area contributed by atoms with Crippen molar-refractivity contribution in [2.45, 2.75) is 218 Å². The lowest BCUT2D eigenvalue weighted by Gasteiger charge is -2.39. The van der Waals surface area contributed by atoms with Gasteiger partial charge in [0.25, 0.3) is 0 Å². The molecule has 0 radical (unpaired) electrons. The number of rotatable bonds is 38. The van der Waals surface area contributed by atoms with Crippen molar-refractivity contribution in [3.63, 3.8) is 0 Å². The average Bonchev–Trinajstić information content (AvgIpc) is 3.23. The SMILES string of the molecule is CCCCC/C=C/C/C=C/C/C=C/C/C=C/CCCCCC(=O)O[C@H](COC(=O)CCCCC/C=C/CCCCCCCCCC)CO[C@@H]1O[C@H](CO)[C@H](O)C(O)C1O. The van der Waals surface area contributed by atoms with Gasteiger partial charge >= 0.3 is 11.9 Å². The fourth-order valence-corrected chi connectivity index (χ4v) is 6.64. The van der Waals surface area contributed by atoms with Crippen molar-refractivity contribution in [2.24, 2.45) is 0 Å². The van der Waals surface area contributed by atoms with E-state index in [1.807, 2.05) is 0 Å². The van der Waals surface area contributed by atoms with Crippen LogP contribution >= 0.6 is 0 Å². The van der Waals surface area contributed by atoms with Gasteiger partial charge in [0.15, 0.2) is 12.4 Å². The lowest BCUT2D eigenvalue weighted by atomic mass is 9.99. The predicted molar refractivity (Wildman–Crippen MR) is 238 cm³/mol. The van der Waals surface area contributed by atoms with E-state index in [9.17, 15) is 30.0 Å². The van der Waals surface area contributed by atoms with Gasteiger partial charge in [-0.05, 0) is 83.5 Å². The molecule has 1 heterocycles. The van der Waals surface area contributed by atoms with Crippen molar-refractivity contribution in [3.8, 4) is 0 Å². The number of aliphatic hydroxyl groups is 4. The molecular weight excluding hydrogens is 749 g/mol. The monoisotopic (exact) mass is 833 g/mol. The van der Waals surface area contributed by atoms with Crippen LogP contribution in [0, 0.1) is 0 Å². The maximum Gasteiger partial charge on any atom is 0.306 e. The molecule has 59 heavy (non-hydrogen) atoms. The first-order chi connectivity index (χ1) is 28.8. The average molecular weight is 833 g/mol. The Labute approximate surface area is 358 Å². The molecule has 0 amide bonds. The third-order valence-corrected chi connectivity index (χ3v) is 10.4. The van der Waals surface area contributed by atoms with Crippen LogP contribution in [0.25, 0.3) is 0 Å². The Bertz CT molecular complexity index is 1150. The molecule has 1 fully saturated rings. The summed E-state index contributed by atoms with van der Waals surface area (Å²) in [6, 6.07) is 0. The topological polar surface area (TPSA) is 152 Å². The van der Waals surface area contributed by atoms with Crippen LogP contribution in [0.4, 0.5) is 0 Å². The molecule has 6 atom stereocenters. The second-order valence-electron chi connectivity index (χ2n) is 15.8. The van der Waals surface area contributed by atoms with Crippen molar-refractivity contribution >= 4 is 11.9 Å². The van der Waals surface area contributed by atoms with Crippen LogP contribution in [-0.2, 0) is 28.5 Å². The lowest BCUT2D eigenvalue weighted by Crippen LogP contribution is -2.59. The molecule has 2 unspecified atom stereocenters. The zero-order chi connectivity index (χ0) is 43.0. The highest BCUT2D eigenvalue weighted by molar-refractivity contribution is 5.70. The van der Waals surface area contributed by atoms with E-state index < -0.39 is 55.4 Å². The normalized spacial score (nSPS) is 20.5. The molecule has 0 aromatic carbocycles. The number of esters is 2. The van der Waals surface area contributed by atoms with E-state index in [4.69, 9.17) is 18.9 Å². The third kappa shape index (κ3) is 31.0. The molecule has 0 spiro atoms. The summed E-state index contributed by atoms with van der Waals surface area (Å²) in [5, 5.41) is 40.1. The first-order valence-electron chi connectivity index (χ1n) is 23.4.